The Labute approximate surface area is 251 Å². The summed E-state index contributed by atoms with van der Waals surface area (Å²) in [6, 6.07) is 13.3. The number of piperidine rings is 1. The lowest BCUT2D eigenvalue weighted by atomic mass is 9.85. The number of amides is 2. The summed E-state index contributed by atoms with van der Waals surface area (Å²) in [7, 11) is 0. The number of likely N-dealkylation sites (tertiary alicyclic amines) is 1. The van der Waals surface area contributed by atoms with E-state index in [1.165, 1.54) is 31.4 Å². The highest BCUT2D eigenvalue weighted by Crippen LogP contribution is 2.37. The van der Waals surface area contributed by atoms with E-state index in [-0.39, 0.29) is 30.5 Å². The summed E-state index contributed by atoms with van der Waals surface area (Å²) >= 11 is 6.12. The highest BCUT2D eigenvalue weighted by Gasteiger charge is 2.39. The number of nitrogens with one attached hydrogen (secondary N) is 1. The van der Waals surface area contributed by atoms with Crippen LogP contribution in [0.5, 0.6) is 0 Å². The number of hydrazine groups is 1. The lowest BCUT2D eigenvalue weighted by Crippen LogP contribution is -2.50. The van der Waals surface area contributed by atoms with Crippen molar-refractivity contribution in [3.63, 3.8) is 0 Å². The quantitative estimate of drug-likeness (QED) is 0.436. The van der Waals surface area contributed by atoms with Crippen molar-refractivity contribution < 1.29 is 18.7 Å². The second kappa shape index (κ2) is 12.4. The third-order valence-corrected chi connectivity index (χ3v) is 8.42. The molecule has 224 valence electrons. The van der Waals surface area contributed by atoms with Gasteiger partial charge in [-0.2, -0.15) is 0 Å². The lowest BCUT2D eigenvalue weighted by Gasteiger charge is -2.37. The molecule has 0 bridgehead atoms. The van der Waals surface area contributed by atoms with Crippen molar-refractivity contribution >= 4 is 35.0 Å². The minimum Gasteiger partial charge on any atom is -0.444 e. The number of aliphatic imine (C=N–C) groups is 1. The number of carbonyl (C=O) groups is 2. The fourth-order valence-corrected chi connectivity index (χ4v) is 6.30. The Kier molecular flexibility index (Phi) is 8.89. The molecule has 10 heteroatoms. The Hall–Kier alpha value is -3.43. The molecule has 0 spiro atoms. The van der Waals surface area contributed by atoms with Gasteiger partial charge in [-0.05, 0) is 93.8 Å². The van der Waals surface area contributed by atoms with Crippen LogP contribution in [0.2, 0.25) is 5.02 Å². The normalized spacial score (nSPS) is 24.9. The largest absolute Gasteiger partial charge is 0.444 e. The summed E-state index contributed by atoms with van der Waals surface area (Å²) in [6.07, 6.45) is 3.54. The predicted molar refractivity (Wildman–Crippen MR) is 162 cm³/mol. The number of halogens is 2. The number of ether oxygens (including phenoxy) is 1. The van der Waals surface area contributed by atoms with Crippen molar-refractivity contribution in [2.75, 3.05) is 26.2 Å². The van der Waals surface area contributed by atoms with E-state index in [1.54, 1.807) is 41.3 Å². The summed E-state index contributed by atoms with van der Waals surface area (Å²) in [6.45, 7) is 7.38. The number of fused-ring (bicyclic) bond motifs is 1. The first-order valence-electron chi connectivity index (χ1n) is 14.6. The van der Waals surface area contributed by atoms with Crippen molar-refractivity contribution in [3.05, 3.63) is 76.2 Å². The molecule has 3 aliphatic rings. The molecule has 3 unspecified atom stereocenters. The monoisotopic (exact) mass is 595 g/mol. The minimum atomic E-state index is -0.707. The summed E-state index contributed by atoms with van der Waals surface area (Å²) in [5, 5.41) is 2.54. The Morgan fingerprint density at radius 3 is 2.31 bits per heavy atom. The molecule has 5 rings (SSSR count). The van der Waals surface area contributed by atoms with Gasteiger partial charge < -0.3 is 15.4 Å². The number of rotatable bonds is 5. The smallest absolute Gasteiger partial charge is 0.410 e. The molecule has 1 saturated carbocycles. The molecule has 2 heterocycles. The van der Waals surface area contributed by atoms with Crippen molar-refractivity contribution in [3.8, 4) is 0 Å². The number of carbonyl (C=O) groups excluding carboxylic acids is 2. The molecule has 0 aromatic heterocycles. The zero-order valence-corrected chi connectivity index (χ0v) is 25.2. The van der Waals surface area contributed by atoms with Crippen LogP contribution in [0.3, 0.4) is 0 Å². The van der Waals surface area contributed by atoms with Crippen molar-refractivity contribution in [1.82, 2.24) is 15.3 Å². The van der Waals surface area contributed by atoms with Gasteiger partial charge in [0.05, 0.1) is 17.9 Å². The van der Waals surface area contributed by atoms with Gasteiger partial charge in [-0.3, -0.25) is 15.2 Å². The average molecular weight is 596 g/mol. The van der Waals surface area contributed by atoms with E-state index < -0.39 is 17.6 Å². The lowest BCUT2D eigenvalue weighted by molar-refractivity contribution is -0.122. The maximum absolute atomic E-state index is 13.7. The van der Waals surface area contributed by atoms with Gasteiger partial charge in [0.15, 0.2) is 0 Å². The molecule has 2 amide bonds. The molecule has 1 aliphatic carbocycles. The van der Waals surface area contributed by atoms with Crippen molar-refractivity contribution in [2.24, 2.45) is 28.5 Å². The van der Waals surface area contributed by atoms with Gasteiger partial charge in [0, 0.05) is 36.1 Å². The highest BCUT2D eigenvalue weighted by molar-refractivity contribution is 6.30. The Balaban J connectivity index is 1.52. The molecule has 2 aromatic carbocycles. The van der Waals surface area contributed by atoms with E-state index in [9.17, 15) is 14.0 Å². The van der Waals surface area contributed by atoms with E-state index in [0.29, 0.717) is 40.3 Å². The number of hydrogen-bond donors (Lipinski definition) is 2. The standard InChI is InChI=1S/C32H39ClFN5O3/c1-32(2,3)42-31(41)38-16-23(15-20-7-11-25(34)12-8-20)29(36-26-13-9-24(33)10-14-26)27(19-38)28(35)30(40)37-39-17-21-5-4-6-22(21)18-39/h7-14,21-23H,4-6,15-19,35H2,1-3H3,(H,37,40). The topological polar surface area (TPSA) is 100 Å². The molecule has 3 N–H and O–H groups in total. The van der Waals surface area contributed by atoms with E-state index in [2.05, 4.69) is 5.43 Å². The summed E-state index contributed by atoms with van der Waals surface area (Å²) in [4.78, 5) is 33.4. The van der Waals surface area contributed by atoms with E-state index in [1.807, 2.05) is 25.8 Å². The summed E-state index contributed by atoms with van der Waals surface area (Å²) in [5.41, 5.74) is 11.5. The van der Waals surface area contributed by atoms with E-state index >= 15 is 0 Å². The zero-order chi connectivity index (χ0) is 30.0. The SMILES string of the molecule is CC(C)(C)OC(=O)N1CC(=C(N)C(=O)NN2CC3CCCC3C2)C(=Nc2ccc(Cl)cc2)C(Cc2ccc(F)cc2)C1. The zero-order valence-electron chi connectivity index (χ0n) is 24.4. The Morgan fingerprint density at radius 2 is 1.69 bits per heavy atom. The molecule has 8 nitrogen and oxygen atoms in total. The number of hydrogen-bond acceptors (Lipinski definition) is 6. The second-order valence-corrected chi connectivity index (χ2v) is 13.0. The third kappa shape index (κ3) is 7.31. The van der Waals surface area contributed by atoms with E-state index in [4.69, 9.17) is 27.1 Å². The highest BCUT2D eigenvalue weighted by atomic mass is 35.5. The fourth-order valence-electron chi connectivity index (χ4n) is 6.17. The molecule has 3 fully saturated rings. The molecular formula is C32H39ClFN5O3. The minimum absolute atomic E-state index is 0.0112. The number of benzene rings is 2. The maximum atomic E-state index is 13.7. The van der Waals surface area contributed by atoms with Crippen LogP contribution in [0.15, 0.2) is 64.8 Å². The van der Waals surface area contributed by atoms with Gasteiger partial charge in [0.2, 0.25) is 0 Å². The fraction of sp³-hybridized carbons (Fsp3) is 0.469. The van der Waals surface area contributed by atoms with Crippen LogP contribution in [0.25, 0.3) is 0 Å². The Bertz CT molecular complexity index is 1360. The van der Waals surface area contributed by atoms with Gasteiger partial charge in [-0.15, -0.1) is 0 Å². The van der Waals surface area contributed by atoms with Crippen LogP contribution in [-0.2, 0) is 16.0 Å². The van der Waals surface area contributed by atoms with Gasteiger partial charge >= 0.3 is 6.09 Å². The van der Waals surface area contributed by atoms with Gasteiger partial charge in [-0.1, -0.05) is 30.2 Å². The molecular weight excluding hydrogens is 557 g/mol. The molecule has 2 saturated heterocycles. The van der Waals surface area contributed by atoms with Crippen LogP contribution >= 0.6 is 11.6 Å². The number of nitrogens with zero attached hydrogens (tertiary/aromatic N) is 3. The molecule has 2 aliphatic heterocycles. The molecule has 3 atom stereocenters. The second-order valence-electron chi connectivity index (χ2n) is 12.6. The maximum Gasteiger partial charge on any atom is 0.410 e. The predicted octanol–water partition coefficient (Wildman–Crippen LogP) is 5.64. The van der Waals surface area contributed by atoms with Crippen LogP contribution in [-0.4, -0.2) is 59.4 Å². The first-order chi connectivity index (χ1) is 19.9. The van der Waals surface area contributed by atoms with Gasteiger partial charge in [0.1, 0.15) is 17.1 Å². The van der Waals surface area contributed by atoms with Gasteiger partial charge in [0.25, 0.3) is 5.91 Å². The number of nitrogens with two attached hydrogens (primary N) is 1. The van der Waals surface area contributed by atoms with Crippen LogP contribution in [0, 0.1) is 23.6 Å². The van der Waals surface area contributed by atoms with Crippen molar-refractivity contribution in [2.45, 2.75) is 52.1 Å². The van der Waals surface area contributed by atoms with Crippen LogP contribution < -0.4 is 11.2 Å². The molecule has 2 aromatic rings. The van der Waals surface area contributed by atoms with E-state index in [0.717, 1.165) is 18.7 Å². The summed E-state index contributed by atoms with van der Waals surface area (Å²) < 4.78 is 19.4. The average Bonchev–Trinajstić information content (AvgIpc) is 3.52. The van der Waals surface area contributed by atoms with Crippen LogP contribution in [0.4, 0.5) is 14.9 Å². The third-order valence-electron chi connectivity index (χ3n) is 8.16. The van der Waals surface area contributed by atoms with Gasteiger partial charge in [-0.25, -0.2) is 14.2 Å². The van der Waals surface area contributed by atoms with Crippen LogP contribution in [0.1, 0.15) is 45.6 Å². The Morgan fingerprint density at radius 1 is 1.05 bits per heavy atom. The first kappa shape index (κ1) is 30.0. The molecule has 42 heavy (non-hydrogen) atoms. The van der Waals surface area contributed by atoms with Crippen molar-refractivity contribution in [1.29, 1.82) is 0 Å². The first-order valence-corrected chi connectivity index (χ1v) is 14.9. The molecule has 0 radical (unpaired) electrons. The summed E-state index contributed by atoms with van der Waals surface area (Å²) in [5.74, 6) is 0.0953.